The van der Waals surface area contributed by atoms with Gasteiger partial charge >= 0.3 is 0 Å². The van der Waals surface area contributed by atoms with E-state index in [0.717, 1.165) is 10.2 Å². The molecule has 1 unspecified atom stereocenters. The molecule has 0 bridgehead atoms. The van der Waals surface area contributed by atoms with E-state index >= 15 is 0 Å². The summed E-state index contributed by atoms with van der Waals surface area (Å²) in [6, 6.07) is 3.91. The summed E-state index contributed by atoms with van der Waals surface area (Å²) in [6.07, 6.45) is 1.77. The summed E-state index contributed by atoms with van der Waals surface area (Å²) in [4.78, 5) is 8.75. The molecule has 2 N–H and O–H groups in total. The summed E-state index contributed by atoms with van der Waals surface area (Å²) in [5.74, 6) is 5.20. The molecule has 0 aliphatic heterocycles. The Hall–Kier alpha value is -0.450. The Morgan fingerprint density at radius 1 is 1.67 bits per heavy atom. The van der Waals surface area contributed by atoms with E-state index in [2.05, 4.69) is 25.8 Å². The topological polar surface area (TPSA) is 48.1 Å². The van der Waals surface area contributed by atoms with Crippen molar-refractivity contribution in [2.45, 2.75) is 12.8 Å². The van der Waals surface area contributed by atoms with Crippen LogP contribution >= 0.6 is 15.9 Å². The van der Waals surface area contributed by atoms with Gasteiger partial charge in [0, 0.05) is 22.3 Å². The molecule has 1 atom stereocenters. The van der Waals surface area contributed by atoms with Crippen LogP contribution in [0.25, 0.3) is 0 Å². The van der Waals surface area contributed by atoms with Gasteiger partial charge in [0.05, 0.1) is 6.61 Å². The number of rotatable bonds is 3. The third-order valence-corrected chi connectivity index (χ3v) is 2.07. The first-order chi connectivity index (χ1) is 5.74. The Labute approximate surface area is 80.0 Å². The van der Waals surface area contributed by atoms with Crippen LogP contribution in [0.15, 0.2) is 22.8 Å². The SMILES string of the molecule is CC(CON)c1ccc(Br)cn1. The number of hydrogen-bond acceptors (Lipinski definition) is 3. The second kappa shape index (κ2) is 4.54. The lowest BCUT2D eigenvalue weighted by atomic mass is 10.1. The van der Waals surface area contributed by atoms with E-state index in [9.17, 15) is 0 Å². The molecule has 66 valence electrons. The van der Waals surface area contributed by atoms with Crippen molar-refractivity contribution in [3.63, 3.8) is 0 Å². The van der Waals surface area contributed by atoms with E-state index in [1.165, 1.54) is 0 Å². The van der Waals surface area contributed by atoms with Crippen molar-refractivity contribution >= 4 is 15.9 Å². The molecule has 0 amide bonds. The fourth-order valence-electron chi connectivity index (χ4n) is 0.908. The predicted octanol–water partition coefficient (Wildman–Crippen LogP) is 1.84. The van der Waals surface area contributed by atoms with Crippen LogP contribution in [0.3, 0.4) is 0 Å². The van der Waals surface area contributed by atoms with Crippen LogP contribution in [-0.2, 0) is 4.84 Å². The van der Waals surface area contributed by atoms with Gasteiger partial charge < -0.3 is 4.84 Å². The molecule has 1 heterocycles. The maximum absolute atomic E-state index is 4.96. The summed E-state index contributed by atoms with van der Waals surface area (Å²) in [6.45, 7) is 2.51. The standard InChI is InChI=1S/C8H11BrN2O/c1-6(5-12-10)8-3-2-7(9)4-11-8/h2-4,6H,5,10H2,1H3. The Bertz CT molecular complexity index is 237. The first-order valence-electron chi connectivity index (χ1n) is 3.67. The summed E-state index contributed by atoms with van der Waals surface area (Å²) < 4.78 is 0.979. The van der Waals surface area contributed by atoms with Gasteiger partial charge in [-0.25, -0.2) is 5.90 Å². The van der Waals surface area contributed by atoms with Crippen LogP contribution in [-0.4, -0.2) is 11.6 Å². The van der Waals surface area contributed by atoms with Gasteiger partial charge in [-0.2, -0.15) is 0 Å². The second-order valence-electron chi connectivity index (χ2n) is 2.64. The molecular weight excluding hydrogens is 220 g/mol. The predicted molar refractivity (Wildman–Crippen MR) is 50.5 cm³/mol. The van der Waals surface area contributed by atoms with E-state index in [-0.39, 0.29) is 5.92 Å². The Morgan fingerprint density at radius 2 is 2.42 bits per heavy atom. The molecule has 0 aliphatic rings. The zero-order valence-corrected chi connectivity index (χ0v) is 8.41. The molecule has 0 saturated carbocycles. The molecule has 0 aliphatic carbocycles. The van der Waals surface area contributed by atoms with E-state index in [1.807, 2.05) is 19.1 Å². The monoisotopic (exact) mass is 230 g/mol. The third-order valence-electron chi connectivity index (χ3n) is 1.60. The number of nitrogens with zero attached hydrogens (tertiary/aromatic N) is 1. The van der Waals surface area contributed by atoms with Gasteiger partial charge in [0.2, 0.25) is 0 Å². The van der Waals surface area contributed by atoms with Crippen molar-refractivity contribution in [2.24, 2.45) is 5.90 Å². The number of aromatic nitrogens is 1. The van der Waals surface area contributed by atoms with Crippen molar-refractivity contribution in [1.82, 2.24) is 4.98 Å². The maximum Gasteiger partial charge on any atom is 0.0760 e. The average molecular weight is 231 g/mol. The van der Waals surface area contributed by atoms with Gasteiger partial charge in [-0.3, -0.25) is 4.98 Å². The summed E-state index contributed by atoms with van der Waals surface area (Å²) >= 11 is 3.32. The van der Waals surface area contributed by atoms with Gasteiger partial charge in [0.15, 0.2) is 0 Å². The lowest BCUT2D eigenvalue weighted by Crippen LogP contribution is -2.09. The van der Waals surface area contributed by atoms with Crippen molar-refractivity contribution in [3.8, 4) is 0 Å². The molecule has 1 aromatic heterocycles. The second-order valence-corrected chi connectivity index (χ2v) is 3.55. The quantitative estimate of drug-likeness (QED) is 0.807. The van der Waals surface area contributed by atoms with Crippen molar-refractivity contribution in [2.75, 3.05) is 6.61 Å². The molecule has 0 spiro atoms. The fraction of sp³-hybridized carbons (Fsp3) is 0.375. The van der Waals surface area contributed by atoms with Crippen LogP contribution in [0.4, 0.5) is 0 Å². The first-order valence-corrected chi connectivity index (χ1v) is 4.46. The highest BCUT2D eigenvalue weighted by atomic mass is 79.9. The Kier molecular flexibility index (Phi) is 3.65. The van der Waals surface area contributed by atoms with E-state index in [4.69, 9.17) is 5.90 Å². The van der Waals surface area contributed by atoms with Crippen LogP contribution < -0.4 is 5.90 Å². The molecule has 0 aromatic carbocycles. The molecule has 3 nitrogen and oxygen atoms in total. The Morgan fingerprint density at radius 3 is 2.92 bits per heavy atom. The minimum atomic E-state index is 0.239. The number of pyridine rings is 1. The molecule has 1 rings (SSSR count). The minimum absolute atomic E-state index is 0.239. The summed E-state index contributed by atoms with van der Waals surface area (Å²) in [7, 11) is 0. The van der Waals surface area contributed by atoms with E-state index in [0.29, 0.717) is 6.61 Å². The minimum Gasteiger partial charge on any atom is -0.304 e. The Balaban J connectivity index is 2.68. The number of hydrogen-bond donors (Lipinski definition) is 1. The molecule has 0 saturated heterocycles. The van der Waals surface area contributed by atoms with Crippen LogP contribution in [0, 0.1) is 0 Å². The summed E-state index contributed by atoms with van der Waals surface area (Å²) in [5, 5.41) is 0. The van der Waals surface area contributed by atoms with Gasteiger partial charge in [-0.15, -0.1) is 0 Å². The normalized spacial score (nSPS) is 12.9. The smallest absolute Gasteiger partial charge is 0.0760 e. The zero-order valence-electron chi connectivity index (χ0n) is 6.83. The highest BCUT2D eigenvalue weighted by Crippen LogP contribution is 2.14. The molecular formula is C8H11BrN2O. The molecule has 0 radical (unpaired) electrons. The van der Waals surface area contributed by atoms with Crippen molar-refractivity contribution in [1.29, 1.82) is 0 Å². The zero-order chi connectivity index (χ0) is 8.97. The molecule has 4 heteroatoms. The highest BCUT2D eigenvalue weighted by Gasteiger charge is 2.05. The first kappa shape index (κ1) is 9.64. The molecule has 1 aromatic rings. The average Bonchev–Trinajstić information content (AvgIpc) is 2.06. The van der Waals surface area contributed by atoms with Crippen molar-refractivity contribution < 1.29 is 4.84 Å². The third kappa shape index (κ3) is 2.55. The van der Waals surface area contributed by atoms with Crippen LogP contribution in [0.5, 0.6) is 0 Å². The fourth-order valence-corrected chi connectivity index (χ4v) is 1.14. The van der Waals surface area contributed by atoms with Crippen LogP contribution in [0.1, 0.15) is 18.5 Å². The van der Waals surface area contributed by atoms with Gasteiger partial charge in [0.25, 0.3) is 0 Å². The largest absolute Gasteiger partial charge is 0.304 e. The van der Waals surface area contributed by atoms with Gasteiger partial charge in [-0.1, -0.05) is 6.92 Å². The molecule has 12 heavy (non-hydrogen) atoms. The maximum atomic E-state index is 4.96. The lowest BCUT2D eigenvalue weighted by Gasteiger charge is -2.08. The number of halogens is 1. The highest BCUT2D eigenvalue weighted by molar-refractivity contribution is 9.10. The van der Waals surface area contributed by atoms with Gasteiger partial charge in [-0.05, 0) is 28.1 Å². The number of nitrogens with two attached hydrogens (primary N) is 1. The van der Waals surface area contributed by atoms with Crippen LogP contribution in [0.2, 0.25) is 0 Å². The van der Waals surface area contributed by atoms with E-state index < -0.39 is 0 Å². The lowest BCUT2D eigenvalue weighted by molar-refractivity contribution is 0.126. The van der Waals surface area contributed by atoms with Gasteiger partial charge in [0.1, 0.15) is 0 Å². The van der Waals surface area contributed by atoms with E-state index in [1.54, 1.807) is 6.20 Å². The van der Waals surface area contributed by atoms with Crippen molar-refractivity contribution in [3.05, 3.63) is 28.5 Å². The summed E-state index contributed by atoms with van der Waals surface area (Å²) in [5.41, 5.74) is 0.989. The molecule has 0 fully saturated rings.